The molecular weight excluding hydrogens is 260 g/mol. The molecule has 5 heteroatoms. The van der Waals surface area contributed by atoms with E-state index in [1.807, 2.05) is 0 Å². The highest BCUT2D eigenvalue weighted by Crippen LogP contribution is 2.21. The van der Waals surface area contributed by atoms with E-state index >= 15 is 0 Å². The second-order valence-corrected chi connectivity index (χ2v) is 8.37. The van der Waals surface area contributed by atoms with E-state index in [1.54, 1.807) is 4.31 Å². The second kappa shape index (κ2) is 7.04. The maximum absolute atomic E-state index is 12.3. The molecule has 1 heterocycles. The van der Waals surface area contributed by atoms with Gasteiger partial charge in [-0.15, -0.1) is 0 Å². The Morgan fingerprint density at radius 3 is 2.26 bits per heavy atom. The average molecular weight is 290 g/mol. The van der Waals surface area contributed by atoms with Crippen molar-refractivity contribution in [2.24, 2.45) is 23.7 Å². The minimum atomic E-state index is -3.30. The predicted molar refractivity (Wildman–Crippen MR) is 80.1 cm³/mol. The molecule has 0 saturated carbocycles. The topological polar surface area (TPSA) is 49.4 Å². The van der Waals surface area contributed by atoms with Crippen molar-refractivity contribution >= 4 is 10.2 Å². The molecule has 1 fully saturated rings. The van der Waals surface area contributed by atoms with Gasteiger partial charge in [0.05, 0.1) is 0 Å². The Hall–Kier alpha value is -0.130. The smallest absolute Gasteiger partial charge is 0.202 e. The summed E-state index contributed by atoms with van der Waals surface area (Å²) in [5.74, 6) is 1.83. The first-order valence-electron chi connectivity index (χ1n) is 7.48. The molecule has 4 nitrogen and oxygen atoms in total. The Balaban J connectivity index is 2.59. The first-order chi connectivity index (χ1) is 8.74. The van der Waals surface area contributed by atoms with Crippen molar-refractivity contribution in [1.82, 2.24) is 9.03 Å². The van der Waals surface area contributed by atoms with Gasteiger partial charge in [-0.2, -0.15) is 12.7 Å². The van der Waals surface area contributed by atoms with Crippen molar-refractivity contribution < 1.29 is 8.42 Å². The van der Waals surface area contributed by atoms with Crippen molar-refractivity contribution in [1.29, 1.82) is 0 Å². The van der Waals surface area contributed by atoms with Gasteiger partial charge in [-0.1, -0.05) is 34.6 Å². The van der Waals surface area contributed by atoms with Crippen LogP contribution in [0.3, 0.4) is 0 Å². The summed E-state index contributed by atoms with van der Waals surface area (Å²) in [6.45, 7) is 12.6. The Labute approximate surface area is 119 Å². The molecule has 0 aromatic heterocycles. The average Bonchev–Trinajstić information content (AvgIpc) is 2.28. The van der Waals surface area contributed by atoms with Crippen LogP contribution < -0.4 is 4.72 Å². The van der Waals surface area contributed by atoms with Crippen LogP contribution in [0.5, 0.6) is 0 Å². The molecule has 1 aliphatic heterocycles. The standard InChI is InChI=1S/C14H30N2O2S/c1-11(2)14(12(3)4)9-15-19(17,18)16-8-6-7-13(5)10-16/h11-15H,6-10H2,1-5H3. The van der Waals surface area contributed by atoms with E-state index in [0.717, 1.165) is 12.8 Å². The highest BCUT2D eigenvalue weighted by Gasteiger charge is 2.28. The van der Waals surface area contributed by atoms with Crippen molar-refractivity contribution in [3.63, 3.8) is 0 Å². The third kappa shape index (κ3) is 5.04. The van der Waals surface area contributed by atoms with E-state index in [-0.39, 0.29) is 0 Å². The third-order valence-electron chi connectivity index (χ3n) is 4.17. The first kappa shape index (κ1) is 16.9. The molecule has 1 N–H and O–H groups in total. The zero-order chi connectivity index (χ0) is 14.6. The molecule has 0 bridgehead atoms. The lowest BCUT2D eigenvalue weighted by molar-refractivity contribution is 0.266. The van der Waals surface area contributed by atoms with Gasteiger partial charge in [-0.3, -0.25) is 0 Å². The van der Waals surface area contributed by atoms with E-state index < -0.39 is 10.2 Å². The maximum Gasteiger partial charge on any atom is 0.279 e. The summed E-state index contributed by atoms with van der Waals surface area (Å²) in [7, 11) is -3.30. The molecule has 0 spiro atoms. The molecule has 0 aromatic rings. The molecule has 0 radical (unpaired) electrons. The molecule has 1 unspecified atom stereocenters. The van der Waals surface area contributed by atoms with Gasteiger partial charge < -0.3 is 0 Å². The lowest BCUT2D eigenvalue weighted by atomic mass is 9.86. The number of piperidine rings is 1. The number of hydrogen-bond acceptors (Lipinski definition) is 2. The van der Waals surface area contributed by atoms with Gasteiger partial charge in [0.25, 0.3) is 10.2 Å². The first-order valence-corrected chi connectivity index (χ1v) is 8.92. The van der Waals surface area contributed by atoms with E-state index in [9.17, 15) is 8.42 Å². The Morgan fingerprint density at radius 1 is 1.21 bits per heavy atom. The summed E-state index contributed by atoms with van der Waals surface area (Å²) in [4.78, 5) is 0. The highest BCUT2D eigenvalue weighted by atomic mass is 32.2. The summed E-state index contributed by atoms with van der Waals surface area (Å²) in [5, 5.41) is 0. The highest BCUT2D eigenvalue weighted by molar-refractivity contribution is 7.87. The second-order valence-electron chi connectivity index (χ2n) is 6.61. The van der Waals surface area contributed by atoms with Crippen molar-refractivity contribution in [2.45, 2.75) is 47.5 Å². The zero-order valence-electron chi connectivity index (χ0n) is 13.0. The fraction of sp³-hybridized carbons (Fsp3) is 1.00. The van der Waals surface area contributed by atoms with Crippen LogP contribution in [-0.4, -0.2) is 32.4 Å². The minimum absolute atomic E-state index is 0.386. The summed E-state index contributed by atoms with van der Waals surface area (Å²) in [6.07, 6.45) is 2.10. The molecule has 1 saturated heterocycles. The molecule has 114 valence electrons. The van der Waals surface area contributed by atoms with Crippen molar-refractivity contribution in [3.05, 3.63) is 0 Å². The monoisotopic (exact) mass is 290 g/mol. The van der Waals surface area contributed by atoms with Crippen LogP contribution in [0.4, 0.5) is 0 Å². The maximum atomic E-state index is 12.3. The molecular formula is C14H30N2O2S. The molecule has 1 rings (SSSR count). The van der Waals surface area contributed by atoms with Crippen molar-refractivity contribution in [2.75, 3.05) is 19.6 Å². The molecule has 19 heavy (non-hydrogen) atoms. The van der Waals surface area contributed by atoms with Crippen LogP contribution >= 0.6 is 0 Å². The molecule has 0 aliphatic carbocycles. The van der Waals surface area contributed by atoms with Gasteiger partial charge in [0, 0.05) is 19.6 Å². The van der Waals surface area contributed by atoms with Gasteiger partial charge in [0.2, 0.25) is 0 Å². The number of hydrogen-bond donors (Lipinski definition) is 1. The number of nitrogens with zero attached hydrogens (tertiary/aromatic N) is 1. The van der Waals surface area contributed by atoms with E-state index in [0.29, 0.717) is 43.3 Å². The van der Waals surface area contributed by atoms with Crippen molar-refractivity contribution in [3.8, 4) is 0 Å². The Bertz CT molecular complexity index is 358. The molecule has 0 amide bonds. The van der Waals surface area contributed by atoms with E-state index in [4.69, 9.17) is 0 Å². The number of nitrogens with one attached hydrogen (secondary N) is 1. The van der Waals surface area contributed by atoms with Crippen LogP contribution in [-0.2, 0) is 10.2 Å². The summed E-state index contributed by atoms with van der Waals surface area (Å²) >= 11 is 0. The largest absolute Gasteiger partial charge is 0.279 e. The van der Waals surface area contributed by atoms with E-state index in [1.165, 1.54) is 0 Å². The fourth-order valence-corrected chi connectivity index (χ4v) is 4.30. The normalized spacial score (nSPS) is 22.6. The van der Waals surface area contributed by atoms with Crippen LogP contribution in [0.25, 0.3) is 0 Å². The van der Waals surface area contributed by atoms with Crippen LogP contribution in [0.1, 0.15) is 47.5 Å². The lowest BCUT2D eigenvalue weighted by Crippen LogP contribution is -2.47. The Morgan fingerprint density at radius 2 is 1.79 bits per heavy atom. The molecule has 1 aliphatic rings. The van der Waals surface area contributed by atoms with Gasteiger partial charge >= 0.3 is 0 Å². The number of rotatable bonds is 6. The quantitative estimate of drug-likeness (QED) is 0.817. The van der Waals surface area contributed by atoms with Crippen LogP contribution in [0.2, 0.25) is 0 Å². The SMILES string of the molecule is CC1CCCN(S(=O)(=O)NCC(C(C)C)C(C)C)C1. The fourth-order valence-electron chi connectivity index (χ4n) is 2.90. The summed E-state index contributed by atoms with van der Waals surface area (Å²) in [6, 6.07) is 0. The minimum Gasteiger partial charge on any atom is -0.202 e. The van der Waals surface area contributed by atoms with Gasteiger partial charge in [0.15, 0.2) is 0 Å². The van der Waals surface area contributed by atoms with Crippen LogP contribution in [0.15, 0.2) is 0 Å². The van der Waals surface area contributed by atoms with Gasteiger partial charge in [-0.05, 0) is 36.5 Å². The van der Waals surface area contributed by atoms with Gasteiger partial charge in [-0.25, -0.2) is 4.72 Å². The van der Waals surface area contributed by atoms with Crippen LogP contribution in [0, 0.1) is 23.7 Å². The third-order valence-corrected chi connectivity index (χ3v) is 5.72. The Kier molecular flexibility index (Phi) is 6.27. The van der Waals surface area contributed by atoms with Gasteiger partial charge in [0.1, 0.15) is 0 Å². The molecule has 0 aromatic carbocycles. The lowest BCUT2D eigenvalue weighted by Gasteiger charge is -2.31. The van der Waals surface area contributed by atoms with E-state index in [2.05, 4.69) is 39.3 Å². The summed E-state index contributed by atoms with van der Waals surface area (Å²) in [5.41, 5.74) is 0. The predicted octanol–water partition coefficient (Wildman–Crippen LogP) is 2.48. The summed E-state index contributed by atoms with van der Waals surface area (Å²) < 4.78 is 29.0. The molecule has 1 atom stereocenters. The zero-order valence-corrected chi connectivity index (χ0v) is 13.8.